The number of aromatic nitrogens is 3. The van der Waals surface area contributed by atoms with E-state index in [4.69, 9.17) is 4.74 Å². The molecule has 4 rings (SSSR count). The van der Waals surface area contributed by atoms with Crippen LogP contribution in [0, 0.1) is 6.92 Å². The third-order valence-corrected chi connectivity index (χ3v) is 5.20. The average molecular weight is 366 g/mol. The molecule has 1 aliphatic rings. The summed E-state index contributed by atoms with van der Waals surface area (Å²) in [6, 6.07) is 13.9. The molecule has 1 N–H and O–H groups in total. The van der Waals surface area contributed by atoms with Gasteiger partial charge in [0, 0.05) is 25.2 Å². The van der Waals surface area contributed by atoms with E-state index in [1.54, 1.807) is 0 Å². The quantitative estimate of drug-likeness (QED) is 0.727. The summed E-state index contributed by atoms with van der Waals surface area (Å²) in [5, 5.41) is 19.1. The molecular formula is C21H26N4O2. The highest BCUT2D eigenvalue weighted by Gasteiger charge is 2.26. The maximum Gasteiger partial charge on any atom is 0.160 e. The highest BCUT2D eigenvalue weighted by molar-refractivity contribution is 5.37. The molecule has 6 nitrogen and oxygen atoms in total. The lowest BCUT2D eigenvalue weighted by atomic mass is 9.97. The van der Waals surface area contributed by atoms with E-state index in [1.165, 1.54) is 0 Å². The normalized spacial score (nSPS) is 19.3. The number of aryl methyl sites for hydroxylation is 1. The number of likely N-dealkylation sites (tertiary alicyclic amines) is 1. The number of β-amino-alcohol motifs (C(OH)–C–C–N with tert-alkyl or cyclic N) is 1. The Hall–Kier alpha value is -2.44. The van der Waals surface area contributed by atoms with Crippen LogP contribution in [-0.2, 0) is 0 Å². The number of pyridine rings is 1. The molecule has 1 saturated heterocycles. The van der Waals surface area contributed by atoms with Crippen molar-refractivity contribution in [2.24, 2.45) is 0 Å². The largest absolute Gasteiger partial charge is 0.491 e. The zero-order valence-electron chi connectivity index (χ0n) is 15.7. The zero-order valence-corrected chi connectivity index (χ0v) is 15.7. The van der Waals surface area contributed by atoms with Crippen molar-refractivity contribution >= 4 is 5.65 Å². The topological polar surface area (TPSA) is 62.9 Å². The Bertz CT molecular complexity index is 895. The molecule has 1 aromatic carbocycles. The summed E-state index contributed by atoms with van der Waals surface area (Å²) in [6.07, 6.45) is 3.70. The van der Waals surface area contributed by atoms with Gasteiger partial charge in [0.2, 0.25) is 0 Å². The van der Waals surface area contributed by atoms with Gasteiger partial charge in [-0.1, -0.05) is 24.3 Å². The summed E-state index contributed by atoms with van der Waals surface area (Å²) in [5.41, 5.74) is 1.97. The van der Waals surface area contributed by atoms with Crippen molar-refractivity contribution in [1.29, 1.82) is 0 Å². The number of nitrogens with zero attached hydrogens (tertiary/aromatic N) is 4. The van der Waals surface area contributed by atoms with Crippen molar-refractivity contribution < 1.29 is 9.84 Å². The first kappa shape index (κ1) is 17.9. The van der Waals surface area contributed by atoms with Gasteiger partial charge in [-0.25, -0.2) is 0 Å². The van der Waals surface area contributed by atoms with Crippen molar-refractivity contribution in [1.82, 2.24) is 19.5 Å². The molecule has 3 aromatic rings. The van der Waals surface area contributed by atoms with Gasteiger partial charge in [-0.3, -0.25) is 9.30 Å². The number of hydrogen-bond acceptors (Lipinski definition) is 5. The van der Waals surface area contributed by atoms with Crippen LogP contribution in [0.5, 0.6) is 5.75 Å². The van der Waals surface area contributed by atoms with Crippen LogP contribution in [0.2, 0.25) is 0 Å². The standard InChI is InChI=1S/C21H26N4O2/c1-16-7-2-3-9-19(16)27-15-18(26)14-24-11-6-8-17(13-24)21-23-22-20-10-4-5-12-25(20)21/h2-5,7,9-10,12,17-18,26H,6,8,11,13-15H2,1H3/t17-,18+/m0/s1. The maximum atomic E-state index is 10.4. The second-order valence-corrected chi connectivity index (χ2v) is 7.32. The Labute approximate surface area is 159 Å². The summed E-state index contributed by atoms with van der Waals surface area (Å²) in [4.78, 5) is 2.31. The van der Waals surface area contributed by atoms with Crippen LogP contribution in [0.15, 0.2) is 48.7 Å². The van der Waals surface area contributed by atoms with E-state index in [-0.39, 0.29) is 0 Å². The fourth-order valence-electron chi connectivity index (χ4n) is 3.83. The van der Waals surface area contributed by atoms with Crippen LogP contribution in [-0.4, -0.2) is 56.9 Å². The van der Waals surface area contributed by atoms with E-state index < -0.39 is 6.10 Å². The minimum absolute atomic E-state index is 0.305. The van der Waals surface area contributed by atoms with Crippen LogP contribution < -0.4 is 4.74 Å². The summed E-state index contributed by atoms with van der Waals surface area (Å²) in [5.74, 6) is 2.18. The first-order valence-corrected chi connectivity index (χ1v) is 9.59. The lowest BCUT2D eigenvalue weighted by Gasteiger charge is -2.33. The number of rotatable bonds is 6. The first-order valence-electron chi connectivity index (χ1n) is 9.59. The molecule has 27 heavy (non-hydrogen) atoms. The molecule has 142 valence electrons. The number of ether oxygens (including phenoxy) is 1. The van der Waals surface area contributed by atoms with Crippen molar-refractivity contribution in [2.45, 2.75) is 31.8 Å². The molecule has 0 aliphatic carbocycles. The van der Waals surface area contributed by atoms with Gasteiger partial charge in [-0.2, -0.15) is 0 Å². The third-order valence-electron chi connectivity index (χ3n) is 5.20. The number of aliphatic hydroxyl groups is 1. The molecule has 2 atom stereocenters. The lowest BCUT2D eigenvalue weighted by Crippen LogP contribution is -2.41. The Morgan fingerprint density at radius 3 is 2.93 bits per heavy atom. The summed E-state index contributed by atoms with van der Waals surface area (Å²) in [7, 11) is 0. The van der Waals surface area contributed by atoms with Crippen LogP contribution in [0.25, 0.3) is 5.65 Å². The second kappa shape index (κ2) is 8.06. The second-order valence-electron chi connectivity index (χ2n) is 7.32. The summed E-state index contributed by atoms with van der Waals surface area (Å²) >= 11 is 0. The Kier molecular flexibility index (Phi) is 5.36. The Morgan fingerprint density at radius 2 is 2.04 bits per heavy atom. The van der Waals surface area contributed by atoms with Gasteiger partial charge in [-0.05, 0) is 50.1 Å². The Balaban J connectivity index is 1.35. The maximum absolute atomic E-state index is 10.4. The first-order chi connectivity index (χ1) is 13.2. The average Bonchev–Trinajstić information content (AvgIpc) is 3.12. The molecule has 6 heteroatoms. The lowest BCUT2D eigenvalue weighted by molar-refractivity contribution is 0.0575. The van der Waals surface area contributed by atoms with Gasteiger partial charge in [0.25, 0.3) is 0 Å². The minimum Gasteiger partial charge on any atom is -0.491 e. The number of aliphatic hydroxyl groups excluding tert-OH is 1. The number of para-hydroxylation sites is 1. The van der Waals surface area contributed by atoms with Crippen molar-refractivity contribution in [3.8, 4) is 5.75 Å². The van der Waals surface area contributed by atoms with Crippen LogP contribution in [0.1, 0.15) is 30.1 Å². The van der Waals surface area contributed by atoms with Gasteiger partial charge in [0.15, 0.2) is 5.65 Å². The molecule has 0 bridgehead atoms. The van der Waals surface area contributed by atoms with Gasteiger partial charge in [0.05, 0.1) is 0 Å². The van der Waals surface area contributed by atoms with Gasteiger partial charge in [-0.15, -0.1) is 10.2 Å². The highest BCUT2D eigenvalue weighted by Crippen LogP contribution is 2.26. The summed E-state index contributed by atoms with van der Waals surface area (Å²) < 4.78 is 7.87. The van der Waals surface area contributed by atoms with Gasteiger partial charge in [0.1, 0.15) is 24.3 Å². The van der Waals surface area contributed by atoms with E-state index in [0.717, 1.165) is 48.7 Å². The van der Waals surface area contributed by atoms with Crippen molar-refractivity contribution in [3.63, 3.8) is 0 Å². The molecule has 0 unspecified atom stereocenters. The molecular weight excluding hydrogens is 340 g/mol. The van der Waals surface area contributed by atoms with Crippen molar-refractivity contribution in [3.05, 3.63) is 60.0 Å². The molecule has 0 radical (unpaired) electrons. The molecule has 1 fully saturated rings. The van der Waals surface area contributed by atoms with Crippen LogP contribution in [0.4, 0.5) is 0 Å². The minimum atomic E-state index is -0.515. The zero-order chi connectivity index (χ0) is 18.6. The van der Waals surface area contributed by atoms with Crippen LogP contribution >= 0.6 is 0 Å². The predicted octanol–water partition coefficient (Wildman–Crippen LogP) is 2.66. The smallest absolute Gasteiger partial charge is 0.160 e. The molecule has 2 aromatic heterocycles. The number of hydrogen-bond donors (Lipinski definition) is 1. The van der Waals surface area contributed by atoms with E-state index in [2.05, 4.69) is 19.5 Å². The molecule has 3 heterocycles. The Morgan fingerprint density at radius 1 is 1.19 bits per heavy atom. The van der Waals surface area contributed by atoms with Gasteiger partial charge < -0.3 is 9.84 Å². The fourth-order valence-corrected chi connectivity index (χ4v) is 3.83. The number of piperidine rings is 1. The monoisotopic (exact) mass is 366 g/mol. The van der Waals surface area contributed by atoms with Crippen LogP contribution in [0.3, 0.4) is 0 Å². The summed E-state index contributed by atoms with van der Waals surface area (Å²) in [6.45, 7) is 4.81. The molecule has 0 amide bonds. The van der Waals surface area contributed by atoms with E-state index >= 15 is 0 Å². The van der Waals surface area contributed by atoms with E-state index in [1.807, 2.05) is 55.6 Å². The molecule has 1 aliphatic heterocycles. The van der Waals surface area contributed by atoms with Crippen molar-refractivity contribution in [2.75, 3.05) is 26.2 Å². The van der Waals surface area contributed by atoms with E-state index in [9.17, 15) is 5.11 Å². The predicted molar refractivity (Wildman–Crippen MR) is 104 cm³/mol. The fraction of sp³-hybridized carbons (Fsp3) is 0.429. The number of fused-ring (bicyclic) bond motifs is 1. The highest BCUT2D eigenvalue weighted by atomic mass is 16.5. The molecule has 0 saturated carbocycles. The van der Waals surface area contributed by atoms with E-state index in [0.29, 0.717) is 19.1 Å². The SMILES string of the molecule is Cc1ccccc1OC[C@H](O)CN1CCC[C@H](c2nnc3ccccn23)C1. The number of benzene rings is 1. The molecule has 0 spiro atoms. The third kappa shape index (κ3) is 4.12. The van der Waals surface area contributed by atoms with Gasteiger partial charge >= 0.3 is 0 Å².